The summed E-state index contributed by atoms with van der Waals surface area (Å²) in [6.45, 7) is 0. The molecule has 0 spiro atoms. The number of ether oxygens (including phenoxy) is 2. The molecule has 4 heteroatoms. The molecular formula is C17H19NO3. The summed E-state index contributed by atoms with van der Waals surface area (Å²) in [5.74, 6) is 0.449. The molecule has 2 aromatic carbocycles. The first-order chi connectivity index (χ1) is 10.2. The minimum absolute atomic E-state index is 0.290. The molecule has 1 unspecified atom stereocenters. The number of esters is 1. The maximum Gasteiger partial charge on any atom is 0.328 e. The van der Waals surface area contributed by atoms with Gasteiger partial charge in [0.05, 0.1) is 14.2 Å². The van der Waals surface area contributed by atoms with Crippen molar-refractivity contribution in [3.8, 4) is 5.75 Å². The predicted molar refractivity (Wildman–Crippen MR) is 82.6 cm³/mol. The summed E-state index contributed by atoms with van der Waals surface area (Å²) in [4.78, 5) is 12.0. The fraction of sp³-hybridized carbons (Fsp3) is 0.235. The third kappa shape index (κ3) is 4.24. The van der Waals surface area contributed by atoms with Crippen molar-refractivity contribution < 1.29 is 14.3 Å². The molecule has 0 heterocycles. The number of carbonyl (C=O) groups is 1. The topological polar surface area (TPSA) is 47.6 Å². The van der Waals surface area contributed by atoms with Gasteiger partial charge in [-0.2, -0.15) is 0 Å². The van der Waals surface area contributed by atoms with Crippen molar-refractivity contribution in [1.29, 1.82) is 0 Å². The van der Waals surface area contributed by atoms with Crippen LogP contribution in [0.15, 0.2) is 54.6 Å². The third-order valence-electron chi connectivity index (χ3n) is 3.18. The monoisotopic (exact) mass is 285 g/mol. The maximum atomic E-state index is 12.0. The van der Waals surface area contributed by atoms with Gasteiger partial charge in [-0.1, -0.05) is 36.4 Å². The molecule has 0 aliphatic rings. The largest absolute Gasteiger partial charge is 0.497 e. The molecule has 110 valence electrons. The van der Waals surface area contributed by atoms with Gasteiger partial charge in [0.15, 0.2) is 0 Å². The van der Waals surface area contributed by atoms with Gasteiger partial charge in [-0.3, -0.25) is 0 Å². The van der Waals surface area contributed by atoms with E-state index in [4.69, 9.17) is 9.47 Å². The summed E-state index contributed by atoms with van der Waals surface area (Å²) in [5.41, 5.74) is 1.89. The molecule has 0 saturated carbocycles. The number of hydrogen-bond acceptors (Lipinski definition) is 4. The Labute approximate surface area is 124 Å². The van der Waals surface area contributed by atoms with E-state index in [1.54, 1.807) is 7.11 Å². The van der Waals surface area contributed by atoms with Crippen molar-refractivity contribution in [2.75, 3.05) is 19.5 Å². The van der Waals surface area contributed by atoms with Crippen LogP contribution in [0.3, 0.4) is 0 Å². The van der Waals surface area contributed by atoms with E-state index in [2.05, 4.69) is 5.32 Å². The number of benzene rings is 2. The Balaban J connectivity index is 2.14. The average Bonchev–Trinajstić information content (AvgIpc) is 2.54. The van der Waals surface area contributed by atoms with E-state index in [-0.39, 0.29) is 5.97 Å². The number of carbonyl (C=O) groups excluding carboxylic acids is 1. The van der Waals surface area contributed by atoms with E-state index < -0.39 is 6.04 Å². The van der Waals surface area contributed by atoms with E-state index in [0.717, 1.165) is 17.0 Å². The van der Waals surface area contributed by atoms with Gasteiger partial charge in [0.2, 0.25) is 0 Å². The SMILES string of the molecule is COC(=O)C(Cc1ccccc1)Nc1cccc(OC)c1. The number of anilines is 1. The minimum atomic E-state index is -0.440. The van der Waals surface area contributed by atoms with E-state index in [1.165, 1.54) is 7.11 Å². The molecule has 0 fully saturated rings. The van der Waals surface area contributed by atoms with Gasteiger partial charge in [-0.15, -0.1) is 0 Å². The number of nitrogens with one attached hydrogen (secondary N) is 1. The van der Waals surface area contributed by atoms with Gasteiger partial charge in [0.1, 0.15) is 11.8 Å². The van der Waals surface area contributed by atoms with Crippen molar-refractivity contribution in [3.05, 3.63) is 60.2 Å². The first-order valence-corrected chi connectivity index (χ1v) is 6.75. The molecule has 0 bridgehead atoms. The molecule has 0 amide bonds. The second-order valence-electron chi connectivity index (χ2n) is 4.64. The molecule has 0 saturated heterocycles. The Morgan fingerprint density at radius 3 is 2.52 bits per heavy atom. The Morgan fingerprint density at radius 2 is 1.86 bits per heavy atom. The van der Waals surface area contributed by atoms with Crippen LogP contribution in [0, 0.1) is 0 Å². The van der Waals surface area contributed by atoms with Crippen LogP contribution >= 0.6 is 0 Å². The van der Waals surface area contributed by atoms with Gasteiger partial charge in [0, 0.05) is 18.2 Å². The first-order valence-electron chi connectivity index (χ1n) is 6.75. The van der Waals surface area contributed by atoms with E-state index in [9.17, 15) is 4.79 Å². The van der Waals surface area contributed by atoms with Crippen LogP contribution in [-0.2, 0) is 16.0 Å². The first kappa shape index (κ1) is 14.9. The molecule has 21 heavy (non-hydrogen) atoms. The van der Waals surface area contributed by atoms with Crippen molar-refractivity contribution in [3.63, 3.8) is 0 Å². The predicted octanol–water partition coefficient (Wildman–Crippen LogP) is 2.89. The van der Waals surface area contributed by atoms with Crippen LogP contribution in [0.25, 0.3) is 0 Å². The van der Waals surface area contributed by atoms with Gasteiger partial charge in [-0.25, -0.2) is 4.79 Å². The molecular weight excluding hydrogens is 266 g/mol. The Hall–Kier alpha value is -2.49. The highest BCUT2D eigenvalue weighted by molar-refractivity contribution is 5.79. The zero-order valence-corrected chi connectivity index (χ0v) is 12.2. The molecule has 1 atom stereocenters. The van der Waals surface area contributed by atoms with Crippen LogP contribution in [0.1, 0.15) is 5.56 Å². The second kappa shape index (κ2) is 7.33. The van der Waals surface area contributed by atoms with Crippen LogP contribution in [-0.4, -0.2) is 26.2 Å². The lowest BCUT2D eigenvalue weighted by Gasteiger charge is -2.18. The molecule has 1 N–H and O–H groups in total. The summed E-state index contributed by atoms with van der Waals surface area (Å²) in [7, 11) is 3.01. The standard InChI is InChI=1S/C17H19NO3/c1-20-15-10-6-9-14(12-15)18-16(17(19)21-2)11-13-7-4-3-5-8-13/h3-10,12,16,18H,11H2,1-2H3. The zero-order chi connectivity index (χ0) is 15.1. The van der Waals surface area contributed by atoms with Crippen LogP contribution in [0.5, 0.6) is 5.75 Å². The lowest BCUT2D eigenvalue weighted by molar-refractivity contribution is -0.141. The van der Waals surface area contributed by atoms with E-state index in [0.29, 0.717) is 6.42 Å². The average molecular weight is 285 g/mol. The van der Waals surface area contributed by atoms with Crippen molar-refractivity contribution in [2.24, 2.45) is 0 Å². The molecule has 0 aliphatic heterocycles. The summed E-state index contributed by atoms with van der Waals surface area (Å²) >= 11 is 0. The normalized spacial score (nSPS) is 11.5. The summed E-state index contributed by atoms with van der Waals surface area (Å²) in [6, 6.07) is 16.9. The molecule has 0 aliphatic carbocycles. The number of rotatable bonds is 6. The van der Waals surface area contributed by atoms with Crippen molar-refractivity contribution in [1.82, 2.24) is 0 Å². The Bertz CT molecular complexity index is 584. The molecule has 0 radical (unpaired) electrons. The van der Waals surface area contributed by atoms with Gasteiger partial charge < -0.3 is 14.8 Å². The Kier molecular flexibility index (Phi) is 5.21. The van der Waals surface area contributed by atoms with Crippen LogP contribution in [0.2, 0.25) is 0 Å². The lowest BCUT2D eigenvalue weighted by atomic mass is 10.1. The van der Waals surface area contributed by atoms with E-state index >= 15 is 0 Å². The minimum Gasteiger partial charge on any atom is -0.497 e. The fourth-order valence-corrected chi connectivity index (χ4v) is 2.10. The summed E-state index contributed by atoms with van der Waals surface area (Å²) < 4.78 is 10.1. The quantitative estimate of drug-likeness (QED) is 0.829. The smallest absolute Gasteiger partial charge is 0.328 e. The molecule has 0 aromatic heterocycles. The van der Waals surface area contributed by atoms with Gasteiger partial charge in [0.25, 0.3) is 0 Å². The summed E-state index contributed by atoms with van der Waals surface area (Å²) in [5, 5.41) is 3.20. The molecule has 2 aromatic rings. The van der Waals surface area contributed by atoms with Crippen LogP contribution < -0.4 is 10.1 Å². The lowest BCUT2D eigenvalue weighted by Crippen LogP contribution is -2.32. The van der Waals surface area contributed by atoms with Crippen molar-refractivity contribution >= 4 is 11.7 Å². The zero-order valence-electron chi connectivity index (χ0n) is 12.2. The van der Waals surface area contributed by atoms with Gasteiger partial charge in [-0.05, 0) is 17.7 Å². The van der Waals surface area contributed by atoms with Gasteiger partial charge >= 0.3 is 5.97 Å². The number of hydrogen-bond donors (Lipinski definition) is 1. The molecule has 2 rings (SSSR count). The summed E-state index contributed by atoms with van der Waals surface area (Å²) in [6.07, 6.45) is 0.560. The highest BCUT2D eigenvalue weighted by Crippen LogP contribution is 2.18. The highest BCUT2D eigenvalue weighted by Gasteiger charge is 2.19. The van der Waals surface area contributed by atoms with Crippen LogP contribution in [0.4, 0.5) is 5.69 Å². The fourth-order valence-electron chi connectivity index (χ4n) is 2.10. The Morgan fingerprint density at radius 1 is 1.10 bits per heavy atom. The highest BCUT2D eigenvalue weighted by atomic mass is 16.5. The van der Waals surface area contributed by atoms with Crippen molar-refractivity contribution in [2.45, 2.75) is 12.5 Å². The van der Waals surface area contributed by atoms with E-state index in [1.807, 2.05) is 54.6 Å². The number of methoxy groups -OCH3 is 2. The third-order valence-corrected chi connectivity index (χ3v) is 3.18. The molecule has 4 nitrogen and oxygen atoms in total. The second-order valence-corrected chi connectivity index (χ2v) is 4.64. The maximum absolute atomic E-state index is 12.0.